The molecule has 0 amide bonds. The quantitative estimate of drug-likeness (QED) is 0.272. The SMILES string of the molecule is Cc1nc(N[C@@H](C)c2cc3cccc(-c4cnc5[nH]ccc5c4)c3c(=O)n2-c2ccccc2)c2ncccc2n1. The van der Waals surface area contributed by atoms with Crippen LogP contribution >= 0.6 is 0 Å². The number of pyridine rings is 3. The van der Waals surface area contributed by atoms with E-state index in [4.69, 9.17) is 0 Å². The molecule has 2 N–H and O–H groups in total. The summed E-state index contributed by atoms with van der Waals surface area (Å²) in [6.45, 7) is 3.89. The van der Waals surface area contributed by atoms with Gasteiger partial charge in [-0.3, -0.25) is 14.3 Å². The van der Waals surface area contributed by atoms with E-state index < -0.39 is 0 Å². The van der Waals surface area contributed by atoms with Crippen molar-refractivity contribution in [1.82, 2.24) is 29.5 Å². The fourth-order valence-corrected chi connectivity index (χ4v) is 5.33. The van der Waals surface area contributed by atoms with Crippen LogP contribution in [-0.4, -0.2) is 29.5 Å². The smallest absolute Gasteiger partial charge is 0.263 e. The first-order valence-corrected chi connectivity index (χ1v) is 13.1. The van der Waals surface area contributed by atoms with Crippen molar-refractivity contribution in [3.63, 3.8) is 0 Å². The van der Waals surface area contributed by atoms with Crippen molar-refractivity contribution >= 4 is 38.7 Å². The number of H-pyrrole nitrogens is 1. The Bertz CT molecular complexity index is 2100. The monoisotopic (exact) mass is 523 g/mol. The molecule has 1 atom stereocenters. The summed E-state index contributed by atoms with van der Waals surface area (Å²) in [6.07, 6.45) is 5.41. The van der Waals surface area contributed by atoms with Crippen LogP contribution in [0, 0.1) is 6.92 Å². The van der Waals surface area contributed by atoms with Gasteiger partial charge in [0, 0.05) is 40.9 Å². The molecule has 5 heterocycles. The molecule has 0 saturated heterocycles. The van der Waals surface area contributed by atoms with Gasteiger partial charge < -0.3 is 10.3 Å². The third-order valence-corrected chi connectivity index (χ3v) is 7.16. The Labute approximate surface area is 229 Å². The summed E-state index contributed by atoms with van der Waals surface area (Å²) in [4.78, 5) is 35.8. The number of rotatable bonds is 5. The molecule has 0 aliphatic heterocycles. The molecule has 194 valence electrons. The van der Waals surface area contributed by atoms with E-state index in [1.54, 1.807) is 10.8 Å². The average molecular weight is 524 g/mol. The van der Waals surface area contributed by atoms with E-state index in [9.17, 15) is 4.79 Å². The van der Waals surface area contributed by atoms with Crippen molar-refractivity contribution in [1.29, 1.82) is 0 Å². The Morgan fingerprint density at radius 2 is 1.77 bits per heavy atom. The van der Waals surface area contributed by atoms with Gasteiger partial charge in [-0.1, -0.05) is 36.4 Å². The van der Waals surface area contributed by atoms with Crippen LogP contribution in [0.4, 0.5) is 5.82 Å². The van der Waals surface area contributed by atoms with Gasteiger partial charge in [-0.05, 0) is 67.3 Å². The standard InChI is InChI=1S/C32H25N7O/c1-19(36-31-29-26(12-7-14-33-29)37-20(2)38-31)27-17-21-8-6-11-25(23-16-22-13-15-34-30(22)35-18-23)28(21)32(40)39(27)24-9-4-3-5-10-24/h3-19H,1-2H3,(H,34,35)(H,36,37,38)/t19-/m0/s1. The molecule has 2 aromatic carbocycles. The minimum Gasteiger partial charge on any atom is -0.360 e. The van der Waals surface area contributed by atoms with Gasteiger partial charge in [0.1, 0.15) is 17.0 Å². The molecule has 5 aromatic heterocycles. The first-order chi connectivity index (χ1) is 19.6. The molecule has 8 heteroatoms. The molecule has 0 aliphatic rings. The van der Waals surface area contributed by atoms with Gasteiger partial charge in [0.05, 0.1) is 16.9 Å². The predicted molar refractivity (Wildman–Crippen MR) is 159 cm³/mol. The number of para-hydroxylation sites is 1. The second-order valence-corrected chi connectivity index (χ2v) is 9.81. The Kier molecular flexibility index (Phi) is 5.59. The number of aromatic nitrogens is 6. The van der Waals surface area contributed by atoms with Crippen molar-refractivity contribution in [3.05, 3.63) is 119 Å². The topological polar surface area (TPSA) is 101 Å². The minimum absolute atomic E-state index is 0.0982. The average Bonchev–Trinajstić information content (AvgIpc) is 3.45. The van der Waals surface area contributed by atoms with Crippen LogP contribution in [0.25, 0.3) is 49.7 Å². The van der Waals surface area contributed by atoms with Gasteiger partial charge in [0.2, 0.25) is 0 Å². The molecule has 8 nitrogen and oxygen atoms in total. The van der Waals surface area contributed by atoms with Gasteiger partial charge >= 0.3 is 0 Å². The number of nitrogens with one attached hydrogen (secondary N) is 2. The van der Waals surface area contributed by atoms with Crippen molar-refractivity contribution in [2.45, 2.75) is 19.9 Å². The van der Waals surface area contributed by atoms with Gasteiger partial charge in [0.25, 0.3) is 5.56 Å². The summed E-state index contributed by atoms with van der Waals surface area (Å²) in [5, 5.41) is 6.01. The highest BCUT2D eigenvalue weighted by atomic mass is 16.1. The second-order valence-electron chi connectivity index (χ2n) is 9.81. The highest BCUT2D eigenvalue weighted by molar-refractivity contribution is 5.98. The number of anilines is 1. The molecule has 0 unspecified atom stereocenters. The number of hydrogen-bond donors (Lipinski definition) is 2. The van der Waals surface area contributed by atoms with Gasteiger partial charge in [-0.15, -0.1) is 0 Å². The lowest BCUT2D eigenvalue weighted by Gasteiger charge is -2.22. The van der Waals surface area contributed by atoms with E-state index in [-0.39, 0.29) is 11.6 Å². The Hall–Kier alpha value is -5.37. The van der Waals surface area contributed by atoms with Gasteiger partial charge in [-0.25, -0.2) is 15.0 Å². The molecule has 0 bridgehead atoms. The third kappa shape index (κ3) is 3.97. The molecule has 0 saturated carbocycles. The summed E-state index contributed by atoms with van der Waals surface area (Å²) >= 11 is 0. The maximum Gasteiger partial charge on any atom is 0.263 e. The largest absolute Gasteiger partial charge is 0.360 e. The fraction of sp³-hybridized carbons (Fsp3) is 0.0938. The molecule has 0 fully saturated rings. The predicted octanol–water partition coefficient (Wildman–Crippen LogP) is 6.35. The maximum atomic E-state index is 14.5. The number of hydrogen-bond acceptors (Lipinski definition) is 6. The van der Waals surface area contributed by atoms with Gasteiger partial charge in [-0.2, -0.15) is 0 Å². The van der Waals surface area contributed by atoms with E-state index in [1.807, 2.05) is 93.0 Å². The number of benzene rings is 2. The number of nitrogens with zero attached hydrogens (tertiary/aromatic N) is 5. The lowest BCUT2D eigenvalue weighted by atomic mass is 9.98. The summed E-state index contributed by atoms with van der Waals surface area (Å²) in [5.74, 6) is 1.27. The van der Waals surface area contributed by atoms with E-state index >= 15 is 0 Å². The number of aryl methyl sites for hydroxylation is 1. The normalized spacial score (nSPS) is 12.2. The molecule has 0 radical (unpaired) electrons. The van der Waals surface area contributed by atoms with Crippen molar-refractivity contribution in [2.24, 2.45) is 0 Å². The molecule has 7 rings (SSSR count). The van der Waals surface area contributed by atoms with Crippen LogP contribution in [0.5, 0.6) is 0 Å². The minimum atomic E-state index is -0.279. The van der Waals surface area contributed by atoms with Crippen LogP contribution in [0.15, 0.2) is 102 Å². The molecular formula is C32H25N7O. The Morgan fingerprint density at radius 3 is 2.65 bits per heavy atom. The molecule has 7 aromatic rings. The van der Waals surface area contributed by atoms with Crippen LogP contribution < -0.4 is 10.9 Å². The van der Waals surface area contributed by atoms with Crippen molar-refractivity contribution in [3.8, 4) is 16.8 Å². The fourth-order valence-electron chi connectivity index (χ4n) is 5.33. The lowest BCUT2D eigenvalue weighted by Crippen LogP contribution is -2.26. The third-order valence-electron chi connectivity index (χ3n) is 7.16. The van der Waals surface area contributed by atoms with Crippen molar-refractivity contribution < 1.29 is 0 Å². The van der Waals surface area contributed by atoms with Crippen molar-refractivity contribution in [2.75, 3.05) is 5.32 Å². The maximum absolute atomic E-state index is 14.5. The summed E-state index contributed by atoms with van der Waals surface area (Å²) in [6, 6.07) is 25.3. The summed E-state index contributed by atoms with van der Waals surface area (Å²) in [5.41, 5.74) is 5.49. The highest BCUT2D eigenvalue weighted by Crippen LogP contribution is 2.31. The van der Waals surface area contributed by atoms with E-state index in [1.165, 1.54) is 0 Å². The van der Waals surface area contributed by atoms with Crippen LogP contribution in [0.3, 0.4) is 0 Å². The number of aromatic amines is 1. The molecule has 0 spiro atoms. The van der Waals surface area contributed by atoms with E-state index in [2.05, 4.69) is 42.4 Å². The Balaban J connectivity index is 1.44. The van der Waals surface area contributed by atoms with E-state index in [0.29, 0.717) is 22.5 Å². The van der Waals surface area contributed by atoms with Crippen LogP contribution in [0.1, 0.15) is 24.5 Å². The number of fused-ring (bicyclic) bond motifs is 3. The van der Waals surface area contributed by atoms with E-state index in [0.717, 1.165) is 44.4 Å². The summed E-state index contributed by atoms with van der Waals surface area (Å²) < 4.78 is 1.79. The first kappa shape index (κ1) is 23.7. The van der Waals surface area contributed by atoms with Gasteiger partial charge in [0.15, 0.2) is 5.82 Å². The second kappa shape index (κ2) is 9.43. The zero-order chi connectivity index (χ0) is 27.2. The molecular weight excluding hydrogens is 498 g/mol. The zero-order valence-corrected chi connectivity index (χ0v) is 22.0. The van der Waals surface area contributed by atoms with Crippen LogP contribution in [-0.2, 0) is 0 Å². The lowest BCUT2D eigenvalue weighted by molar-refractivity contribution is 0.773. The van der Waals surface area contributed by atoms with Crippen LogP contribution in [0.2, 0.25) is 0 Å². The highest BCUT2D eigenvalue weighted by Gasteiger charge is 2.20. The Morgan fingerprint density at radius 1 is 0.900 bits per heavy atom. The molecule has 40 heavy (non-hydrogen) atoms. The summed E-state index contributed by atoms with van der Waals surface area (Å²) in [7, 11) is 0. The zero-order valence-electron chi connectivity index (χ0n) is 22.0. The first-order valence-electron chi connectivity index (χ1n) is 13.1. The molecule has 0 aliphatic carbocycles.